The first kappa shape index (κ1) is 10.2. The molecule has 0 aliphatic carbocycles. The molecule has 1 aliphatic rings. The van der Waals surface area contributed by atoms with Gasteiger partial charge in [0.2, 0.25) is 5.91 Å². The number of hydrogen-bond acceptors (Lipinski definition) is 3. The predicted molar refractivity (Wildman–Crippen MR) is 50.3 cm³/mol. The quantitative estimate of drug-likeness (QED) is 0.404. The van der Waals surface area contributed by atoms with Gasteiger partial charge in [-0.15, -0.1) is 0 Å². The predicted octanol–water partition coefficient (Wildman–Crippen LogP) is -0.595. The van der Waals surface area contributed by atoms with Crippen molar-refractivity contribution in [2.45, 2.75) is 13.3 Å². The largest absolute Gasteiger partial charge is 0.396 e. The van der Waals surface area contributed by atoms with Gasteiger partial charge in [-0.1, -0.05) is 0 Å². The highest BCUT2D eigenvalue weighted by molar-refractivity contribution is 5.93. The number of aliphatic hydroxyl groups is 1. The first-order chi connectivity index (χ1) is 6.25. The summed E-state index contributed by atoms with van der Waals surface area (Å²) >= 11 is 0. The van der Waals surface area contributed by atoms with Gasteiger partial charge in [0, 0.05) is 31.8 Å². The summed E-state index contributed by atoms with van der Waals surface area (Å²) in [4.78, 5) is 11.4. The van der Waals surface area contributed by atoms with E-state index in [4.69, 9.17) is 5.11 Å². The molecular formula is C9H16N2O2. The molecule has 4 heteroatoms. The normalized spacial score (nSPS) is 15.1. The van der Waals surface area contributed by atoms with Gasteiger partial charge < -0.3 is 15.7 Å². The summed E-state index contributed by atoms with van der Waals surface area (Å²) in [7, 11) is 0. The smallest absolute Gasteiger partial charge is 0.246 e. The highest BCUT2D eigenvalue weighted by Crippen LogP contribution is 2.08. The van der Waals surface area contributed by atoms with Gasteiger partial charge in [-0.05, 0) is 18.9 Å². The summed E-state index contributed by atoms with van der Waals surface area (Å²) in [6.07, 6.45) is 0.618. The summed E-state index contributed by atoms with van der Waals surface area (Å²) in [5, 5.41) is 14.3. The van der Waals surface area contributed by atoms with E-state index in [9.17, 15) is 4.79 Å². The van der Waals surface area contributed by atoms with Crippen molar-refractivity contribution in [2.75, 3.05) is 26.2 Å². The van der Waals surface area contributed by atoms with E-state index in [0.29, 0.717) is 13.0 Å². The molecule has 1 rings (SSSR count). The van der Waals surface area contributed by atoms with Crippen molar-refractivity contribution in [1.82, 2.24) is 10.6 Å². The average molecular weight is 184 g/mol. The Kier molecular flexibility index (Phi) is 3.92. The van der Waals surface area contributed by atoms with Crippen LogP contribution in [0.4, 0.5) is 0 Å². The summed E-state index contributed by atoms with van der Waals surface area (Å²) in [6.45, 7) is 4.17. The Morgan fingerprint density at radius 3 is 2.77 bits per heavy atom. The van der Waals surface area contributed by atoms with E-state index in [1.54, 1.807) is 0 Å². The fraction of sp³-hybridized carbons (Fsp3) is 0.667. The van der Waals surface area contributed by atoms with Crippen molar-refractivity contribution in [3.63, 3.8) is 0 Å². The molecule has 0 aromatic rings. The zero-order chi connectivity index (χ0) is 9.68. The minimum atomic E-state index is -0.00931. The average Bonchev–Trinajstić information content (AvgIpc) is 2.01. The lowest BCUT2D eigenvalue weighted by Gasteiger charge is -2.21. The van der Waals surface area contributed by atoms with Gasteiger partial charge in [-0.3, -0.25) is 4.79 Å². The number of aliphatic hydroxyl groups excluding tert-OH is 1. The van der Waals surface area contributed by atoms with Gasteiger partial charge in [0.05, 0.1) is 0 Å². The SMILES string of the molecule is CC(C(=O)NCCCO)=C1CNC1. The van der Waals surface area contributed by atoms with Crippen molar-refractivity contribution >= 4 is 5.91 Å². The van der Waals surface area contributed by atoms with Crippen LogP contribution in [0.1, 0.15) is 13.3 Å². The van der Waals surface area contributed by atoms with E-state index in [0.717, 1.165) is 18.7 Å². The van der Waals surface area contributed by atoms with E-state index < -0.39 is 0 Å². The monoisotopic (exact) mass is 184 g/mol. The number of amides is 1. The minimum Gasteiger partial charge on any atom is -0.396 e. The molecule has 1 heterocycles. The Bertz CT molecular complexity index is 218. The minimum absolute atomic E-state index is 0.00931. The summed E-state index contributed by atoms with van der Waals surface area (Å²) in [5.74, 6) is -0.00931. The second-order valence-corrected chi connectivity index (χ2v) is 3.17. The second-order valence-electron chi connectivity index (χ2n) is 3.17. The van der Waals surface area contributed by atoms with Crippen LogP contribution in [0.15, 0.2) is 11.1 Å². The first-order valence-electron chi connectivity index (χ1n) is 4.54. The lowest BCUT2D eigenvalue weighted by Crippen LogP contribution is -2.37. The molecule has 0 atom stereocenters. The van der Waals surface area contributed by atoms with Gasteiger partial charge >= 0.3 is 0 Å². The third-order valence-electron chi connectivity index (χ3n) is 2.17. The maximum Gasteiger partial charge on any atom is 0.246 e. The summed E-state index contributed by atoms with van der Waals surface area (Å²) in [6, 6.07) is 0. The third kappa shape index (κ3) is 2.82. The second kappa shape index (κ2) is 4.99. The zero-order valence-electron chi connectivity index (χ0n) is 7.89. The van der Waals surface area contributed by atoms with Gasteiger partial charge in [0.25, 0.3) is 0 Å². The van der Waals surface area contributed by atoms with E-state index in [1.807, 2.05) is 6.92 Å². The van der Waals surface area contributed by atoms with Crippen LogP contribution in [0.3, 0.4) is 0 Å². The van der Waals surface area contributed by atoms with Crippen molar-refractivity contribution in [1.29, 1.82) is 0 Å². The van der Waals surface area contributed by atoms with E-state index in [2.05, 4.69) is 10.6 Å². The van der Waals surface area contributed by atoms with Crippen LogP contribution in [-0.2, 0) is 4.79 Å². The highest BCUT2D eigenvalue weighted by atomic mass is 16.3. The molecule has 13 heavy (non-hydrogen) atoms. The van der Waals surface area contributed by atoms with Crippen molar-refractivity contribution in [3.05, 3.63) is 11.1 Å². The Morgan fingerprint density at radius 2 is 2.31 bits per heavy atom. The molecule has 0 aromatic heterocycles. The Labute approximate surface area is 78.0 Å². The Morgan fingerprint density at radius 1 is 1.62 bits per heavy atom. The molecular weight excluding hydrogens is 168 g/mol. The lowest BCUT2D eigenvalue weighted by molar-refractivity contribution is -0.117. The molecule has 0 bridgehead atoms. The van der Waals surface area contributed by atoms with Crippen molar-refractivity contribution in [2.24, 2.45) is 0 Å². The number of carbonyl (C=O) groups excluding carboxylic acids is 1. The fourth-order valence-electron chi connectivity index (χ4n) is 1.09. The molecule has 1 fully saturated rings. The summed E-state index contributed by atoms with van der Waals surface area (Å²) in [5.41, 5.74) is 2.00. The Balaban J connectivity index is 2.30. The Hall–Kier alpha value is -0.870. The molecule has 0 aromatic carbocycles. The van der Waals surface area contributed by atoms with Crippen molar-refractivity contribution < 1.29 is 9.90 Å². The lowest BCUT2D eigenvalue weighted by atomic mass is 10.0. The maximum atomic E-state index is 11.4. The summed E-state index contributed by atoms with van der Waals surface area (Å²) < 4.78 is 0. The molecule has 0 unspecified atom stereocenters. The van der Waals surface area contributed by atoms with Gasteiger partial charge in [0.1, 0.15) is 0 Å². The van der Waals surface area contributed by atoms with Crippen LogP contribution >= 0.6 is 0 Å². The molecule has 1 saturated heterocycles. The zero-order valence-corrected chi connectivity index (χ0v) is 7.89. The first-order valence-corrected chi connectivity index (χ1v) is 4.54. The molecule has 1 aliphatic heterocycles. The highest BCUT2D eigenvalue weighted by Gasteiger charge is 2.15. The van der Waals surface area contributed by atoms with Gasteiger partial charge in [-0.2, -0.15) is 0 Å². The van der Waals surface area contributed by atoms with E-state index in [1.165, 1.54) is 5.57 Å². The molecule has 4 nitrogen and oxygen atoms in total. The van der Waals surface area contributed by atoms with Crippen LogP contribution in [0.25, 0.3) is 0 Å². The van der Waals surface area contributed by atoms with E-state index >= 15 is 0 Å². The molecule has 0 saturated carbocycles. The molecule has 0 radical (unpaired) electrons. The third-order valence-corrected chi connectivity index (χ3v) is 2.17. The number of carbonyl (C=O) groups is 1. The van der Waals surface area contributed by atoms with E-state index in [-0.39, 0.29) is 12.5 Å². The maximum absolute atomic E-state index is 11.4. The number of rotatable bonds is 4. The fourth-order valence-corrected chi connectivity index (χ4v) is 1.09. The van der Waals surface area contributed by atoms with Crippen molar-refractivity contribution in [3.8, 4) is 0 Å². The van der Waals surface area contributed by atoms with Crippen LogP contribution in [0, 0.1) is 0 Å². The van der Waals surface area contributed by atoms with Crippen LogP contribution in [0.5, 0.6) is 0 Å². The van der Waals surface area contributed by atoms with Crippen LogP contribution in [0.2, 0.25) is 0 Å². The van der Waals surface area contributed by atoms with Crippen LogP contribution < -0.4 is 10.6 Å². The van der Waals surface area contributed by atoms with Gasteiger partial charge in [-0.25, -0.2) is 0 Å². The molecule has 3 N–H and O–H groups in total. The topological polar surface area (TPSA) is 61.4 Å². The number of hydrogen-bond donors (Lipinski definition) is 3. The number of nitrogens with one attached hydrogen (secondary N) is 2. The molecule has 1 amide bonds. The molecule has 0 spiro atoms. The van der Waals surface area contributed by atoms with Crippen LogP contribution in [-0.4, -0.2) is 37.3 Å². The standard InChI is InChI=1S/C9H16N2O2/c1-7(8-5-10-6-8)9(13)11-3-2-4-12/h10,12H,2-6H2,1H3,(H,11,13). The van der Waals surface area contributed by atoms with Gasteiger partial charge in [0.15, 0.2) is 0 Å². The molecule has 74 valence electrons.